The standard InChI is InChI=1S/C24H28N2O/c1-18-22(21-9-5-6-10-23(21)25-18)17-20-13-15-26(16-14-20)24(27)12-11-19-7-3-2-4-8-19/h2-10,20,25H,11-17H2,1H3. The molecule has 1 saturated heterocycles. The van der Waals surface area contributed by atoms with E-state index in [1.54, 1.807) is 0 Å². The van der Waals surface area contributed by atoms with Crippen LogP contribution in [-0.2, 0) is 17.6 Å². The van der Waals surface area contributed by atoms with Crippen LogP contribution in [0.3, 0.4) is 0 Å². The summed E-state index contributed by atoms with van der Waals surface area (Å²) in [7, 11) is 0. The number of aryl methyl sites for hydroxylation is 2. The SMILES string of the molecule is Cc1[nH]c2ccccc2c1CC1CCN(C(=O)CCc2ccccc2)CC1. The first-order chi connectivity index (χ1) is 13.2. The number of H-pyrrole nitrogens is 1. The number of para-hydroxylation sites is 1. The normalized spacial score (nSPS) is 15.4. The second kappa shape index (κ2) is 7.99. The Labute approximate surface area is 161 Å². The number of carbonyl (C=O) groups is 1. The van der Waals surface area contributed by atoms with Crippen molar-refractivity contribution in [3.05, 3.63) is 71.4 Å². The molecule has 0 spiro atoms. The molecule has 1 amide bonds. The number of likely N-dealkylation sites (tertiary alicyclic amines) is 1. The Balaban J connectivity index is 1.31. The maximum Gasteiger partial charge on any atom is 0.222 e. The first-order valence-corrected chi connectivity index (χ1v) is 10.1. The molecule has 1 aromatic heterocycles. The highest BCUT2D eigenvalue weighted by Crippen LogP contribution is 2.28. The second-order valence-electron chi connectivity index (χ2n) is 7.79. The highest BCUT2D eigenvalue weighted by atomic mass is 16.2. The number of nitrogens with zero attached hydrogens (tertiary/aromatic N) is 1. The Morgan fingerprint density at radius 1 is 1.04 bits per heavy atom. The monoisotopic (exact) mass is 360 g/mol. The molecule has 1 fully saturated rings. The van der Waals surface area contributed by atoms with Gasteiger partial charge in [0.25, 0.3) is 0 Å². The van der Waals surface area contributed by atoms with Crippen LogP contribution in [0, 0.1) is 12.8 Å². The van der Waals surface area contributed by atoms with Gasteiger partial charge in [-0.15, -0.1) is 0 Å². The van der Waals surface area contributed by atoms with Crippen LogP contribution in [0.25, 0.3) is 10.9 Å². The van der Waals surface area contributed by atoms with Crippen LogP contribution >= 0.6 is 0 Å². The quantitative estimate of drug-likeness (QED) is 0.691. The van der Waals surface area contributed by atoms with E-state index in [0.29, 0.717) is 18.2 Å². The number of amides is 1. The van der Waals surface area contributed by atoms with Gasteiger partial charge in [-0.2, -0.15) is 0 Å². The first kappa shape index (κ1) is 17.8. The van der Waals surface area contributed by atoms with Gasteiger partial charge < -0.3 is 9.88 Å². The largest absolute Gasteiger partial charge is 0.358 e. The van der Waals surface area contributed by atoms with E-state index in [1.807, 2.05) is 18.2 Å². The predicted octanol–water partition coefficient (Wildman–Crippen LogP) is 4.89. The lowest BCUT2D eigenvalue weighted by Crippen LogP contribution is -2.39. The summed E-state index contributed by atoms with van der Waals surface area (Å²) in [6, 6.07) is 18.9. The van der Waals surface area contributed by atoms with Gasteiger partial charge in [0.15, 0.2) is 0 Å². The van der Waals surface area contributed by atoms with E-state index in [-0.39, 0.29) is 0 Å². The molecule has 1 aliphatic heterocycles. The van der Waals surface area contributed by atoms with Crippen molar-refractivity contribution in [3.8, 4) is 0 Å². The molecule has 1 N–H and O–H groups in total. The third kappa shape index (κ3) is 4.08. The van der Waals surface area contributed by atoms with Gasteiger partial charge in [0.1, 0.15) is 0 Å². The van der Waals surface area contributed by atoms with E-state index in [1.165, 1.54) is 27.7 Å². The van der Waals surface area contributed by atoms with Crippen molar-refractivity contribution >= 4 is 16.8 Å². The number of rotatable bonds is 5. The fourth-order valence-electron chi connectivity index (χ4n) is 4.33. The molecule has 27 heavy (non-hydrogen) atoms. The molecule has 4 rings (SSSR count). The summed E-state index contributed by atoms with van der Waals surface area (Å²) in [4.78, 5) is 18.1. The maximum atomic E-state index is 12.5. The molecule has 3 heteroatoms. The smallest absolute Gasteiger partial charge is 0.222 e. The predicted molar refractivity (Wildman–Crippen MR) is 111 cm³/mol. The highest BCUT2D eigenvalue weighted by Gasteiger charge is 2.24. The highest BCUT2D eigenvalue weighted by molar-refractivity contribution is 5.84. The number of fused-ring (bicyclic) bond motifs is 1. The van der Waals surface area contributed by atoms with E-state index < -0.39 is 0 Å². The Kier molecular flexibility index (Phi) is 5.28. The van der Waals surface area contributed by atoms with Gasteiger partial charge in [0, 0.05) is 36.1 Å². The minimum atomic E-state index is 0.306. The molecule has 0 unspecified atom stereocenters. The Morgan fingerprint density at radius 2 is 1.74 bits per heavy atom. The third-order valence-corrected chi connectivity index (χ3v) is 5.96. The van der Waals surface area contributed by atoms with E-state index in [0.717, 1.165) is 38.8 Å². The van der Waals surface area contributed by atoms with Gasteiger partial charge in [-0.05, 0) is 55.7 Å². The van der Waals surface area contributed by atoms with Gasteiger partial charge in [0.2, 0.25) is 5.91 Å². The summed E-state index contributed by atoms with van der Waals surface area (Å²) >= 11 is 0. The van der Waals surface area contributed by atoms with Gasteiger partial charge in [0.05, 0.1) is 0 Å². The molecular formula is C24H28N2O. The van der Waals surface area contributed by atoms with Crippen molar-refractivity contribution in [2.24, 2.45) is 5.92 Å². The average molecular weight is 361 g/mol. The lowest BCUT2D eigenvalue weighted by molar-refractivity contribution is -0.132. The molecule has 1 aliphatic rings. The lowest BCUT2D eigenvalue weighted by Gasteiger charge is -2.32. The van der Waals surface area contributed by atoms with Crippen molar-refractivity contribution in [2.75, 3.05) is 13.1 Å². The zero-order chi connectivity index (χ0) is 18.6. The molecule has 0 bridgehead atoms. The zero-order valence-corrected chi connectivity index (χ0v) is 16.1. The van der Waals surface area contributed by atoms with Crippen molar-refractivity contribution < 1.29 is 4.79 Å². The van der Waals surface area contributed by atoms with Crippen molar-refractivity contribution in [3.63, 3.8) is 0 Å². The summed E-state index contributed by atoms with van der Waals surface area (Å²) in [6.45, 7) is 3.98. The van der Waals surface area contributed by atoms with Crippen LogP contribution in [0.5, 0.6) is 0 Å². The molecule has 3 nitrogen and oxygen atoms in total. The third-order valence-electron chi connectivity index (χ3n) is 5.96. The van der Waals surface area contributed by atoms with E-state index in [4.69, 9.17) is 0 Å². The van der Waals surface area contributed by atoms with Crippen LogP contribution in [0.4, 0.5) is 0 Å². The summed E-state index contributed by atoms with van der Waals surface area (Å²) in [6.07, 6.45) is 4.79. The Morgan fingerprint density at radius 3 is 2.52 bits per heavy atom. The van der Waals surface area contributed by atoms with Crippen molar-refractivity contribution in [2.45, 2.75) is 39.0 Å². The molecule has 0 radical (unpaired) electrons. The molecule has 2 aromatic carbocycles. The average Bonchev–Trinajstić information content (AvgIpc) is 3.03. The van der Waals surface area contributed by atoms with Gasteiger partial charge in [-0.1, -0.05) is 48.5 Å². The van der Waals surface area contributed by atoms with Crippen molar-refractivity contribution in [1.29, 1.82) is 0 Å². The Bertz CT molecular complexity index is 905. The molecule has 3 aromatic rings. The number of aromatic amines is 1. The summed E-state index contributed by atoms with van der Waals surface area (Å²) in [5.41, 5.74) is 5.23. The van der Waals surface area contributed by atoms with E-state index in [9.17, 15) is 4.79 Å². The fourth-order valence-corrected chi connectivity index (χ4v) is 4.33. The molecular weight excluding hydrogens is 332 g/mol. The van der Waals surface area contributed by atoms with Crippen molar-refractivity contribution in [1.82, 2.24) is 9.88 Å². The molecule has 0 saturated carbocycles. The summed E-state index contributed by atoms with van der Waals surface area (Å²) in [5.74, 6) is 0.974. The Hall–Kier alpha value is -2.55. The number of benzene rings is 2. The van der Waals surface area contributed by atoms with Crippen LogP contribution in [0.15, 0.2) is 54.6 Å². The fraction of sp³-hybridized carbons (Fsp3) is 0.375. The van der Waals surface area contributed by atoms with Gasteiger partial charge in [-0.3, -0.25) is 4.79 Å². The van der Waals surface area contributed by atoms with Gasteiger partial charge >= 0.3 is 0 Å². The van der Waals surface area contributed by atoms with E-state index >= 15 is 0 Å². The number of hydrogen-bond acceptors (Lipinski definition) is 1. The number of aromatic nitrogens is 1. The zero-order valence-electron chi connectivity index (χ0n) is 16.1. The minimum absolute atomic E-state index is 0.306. The maximum absolute atomic E-state index is 12.5. The van der Waals surface area contributed by atoms with Crippen LogP contribution in [0.2, 0.25) is 0 Å². The molecule has 2 heterocycles. The minimum Gasteiger partial charge on any atom is -0.358 e. The van der Waals surface area contributed by atoms with Gasteiger partial charge in [-0.25, -0.2) is 0 Å². The molecule has 0 atom stereocenters. The van der Waals surface area contributed by atoms with Crippen LogP contribution < -0.4 is 0 Å². The number of hydrogen-bond donors (Lipinski definition) is 1. The topological polar surface area (TPSA) is 36.1 Å². The van der Waals surface area contributed by atoms with Crippen LogP contribution in [0.1, 0.15) is 36.1 Å². The van der Waals surface area contributed by atoms with E-state index in [2.05, 4.69) is 53.2 Å². The molecule has 0 aliphatic carbocycles. The van der Waals surface area contributed by atoms with Crippen LogP contribution in [-0.4, -0.2) is 28.9 Å². The number of nitrogens with one attached hydrogen (secondary N) is 1. The number of piperidine rings is 1. The lowest BCUT2D eigenvalue weighted by atomic mass is 9.89. The summed E-state index contributed by atoms with van der Waals surface area (Å²) < 4.78 is 0. The second-order valence-corrected chi connectivity index (χ2v) is 7.79. The summed E-state index contributed by atoms with van der Waals surface area (Å²) in [5, 5.41) is 1.36. The molecule has 140 valence electrons. The number of carbonyl (C=O) groups excluding carboxylic acids is 1. The first-order valence-electron chi connectivity index (χ1n) is 10.1.